The van der Waals surface area contributed by atoms with Crippen LogP contribution >= 0.6 is 0 Å². The molecule has 2 N–H and O–H groups in total. The lowest BCUT2D eigenvalue weighted by atomic mass is 10.1. The van der Waals surface area contributed by atoms with Gasteiger partial charge in [-0.1, -0.05) is 18.2 Å². The van der Waals surface area contributed by atoms with Crippen molar-refractivity contribution in [2.45, 2.75) is 13.0 Å². The number of nitrogens with one attached hydrogen (secondary N) is 2. The van der Waals surface area contributed by atoms with Gasteiger partial charge in [-0.2, -0.15) is 0 Å². The summed E-state index contributed by atoms with van der Waals surface area (Å²) in [5.41, 5.74) is 1.66. The second kappa shape index (κ2) is 5.97. The fourth-order valence-corrected chi connectivity index (χ4v) is 2.34. The van der Waals surface area contributed by atoms with E-state index in [0.29, 0.717) is 0 Å². The van der Waals surface area contributed by atoms with Crippen LogP contribution < -0.4 is 5.32 Å². The average molecular weight is 300 g/mol. The minimum absolute atomic E-state index is 0.129. The molecule has 0 radical (unpaired) electrons. The Morgan fingerprint density at radius 1 is 1.09 bits per heavy atom. The average Bonchev–Trinajstić information content (AvgIpc) is 2.94. The molecule has 3 nitrogen and oxygen atoms in total. The largest absolute Gasteiger partial charge is 0.361 e. The van der Waals surface area contributed by atoms with E-state index in [1.807, 2.05) is 30.5 Å². The standard InChI is InChI=1S/C17H14F2N2O/c18-14-2-1-3-15(19)13(14)10-21-17(22)9-11-4-5-12-6-7-20-16(12)8-11/h1-8,20H,9-10H2,(H,21,22). The number of hydrogen-bond acceptors (Lipinski definition) is 1. The Kier molecular flexibility index (Phi) is 3.87. The Bertz CT molecular complexity index is 806. The number of hydrogen-bond donors (Lipinski definition) is 2. The first-order chi connectivity index (χ1) is 10.6. The smallest absolute Gasteiger partial charge is 0.224 e. The molecule has 0 aliphatic rings. The summed E-state index contributed by atoms with van der Waals surface area (Å²) in [6.07, 6.45) is 1.99. The van der Waals surface area contributed by atoms with Crippen molar-refractivity contribution in [3.05, 3.63) is 71.4 Å². The molecule has 0 aliphatic carbocycles. The van der Waals surface area contributed by atoms with Gasteiger partial charge in [-0.15, -0.1) is 0 Å². The van der Waals surface area contributed by atoms with Crippen LogP contribution in [0.25, 0.3) is 10.9 Å². The van der Waals surface area contributed by atoms with E-state index in [1.165, 1.54) is 18.2 Å². The van der Waals surface area contributed by atoms with Gasteiger partial charge in [-0.25, -0.2) is 8.78 Å². The van der Waals surface area contributed by atoms with Crippen LogP contribution in [0.2, 0.25) is 0 Å². The summed E-state index contributed by atoms with van der Waals surface area (Å²) in [7, 11) is 0. The third kappa shape index (κ3) is 2.98. The lowest BCUT2D eigenvalue weighted by Crippen LogP contribution is -2.25. The molecule has 0 bridgehead atoms. The van der Waals surface area contributed by atoms with Crippen LogP contribution in [-0.2, 0) is 17.8 Å². The Labute approximate surface area is 126 Å². The first kappa shape index (κ1) is 14.3. The maximum atomic E-state index is 13.5. The monoisotopic (exact) mass is 300 g/mol. The summed E-state index contributed by atoms with van der Waals surface area (Å²) in [6, 6.07) is 11.2. The van der Waals surface area contributed by atoms with E-state index in [-0.39, 0.29) is 24.4 Å². The Balaban J connectivity index is 1.65. The molecule has 5 heteroatoms. The third-order valence-electron chi connectivity index (χ3n) is 3.51. The summed E-state index contributed by atoms with van der Waals surface area (Å²) >= 11 is 0. The fourth-order valence-electron chi connectivity index (χ4n) is 2.34. The predicted octanol–water partition coefficient (Wildman–Crippen LogP) is 3.31. The normalized spacial score (nSPS) is 10.8. The minimum Gasteiger partial charge on any atom is -0.361 e. The van der Waals surface area contributed by atoms with Crippen molar-refractivity contribution in [1.82, 2.24) is 10.3 Å². The van der Waals surface area contributed by atoms with Gasteiger partial charge in [-0.05, 0) is 35.2 Å². The van der Waals surface area contributed by atoms with Crippen LogP contribution in [0.3, 0.4) is 0 Å². The second-order valence-corrected chi connectivity index (χ2v) is 5.05. The summed E-state index contributed by atoms with van der Waals surface area (Å²) in [6.45, 7) is -0.165. The molecular weight excluding hydrogens is 286 g/mol. The number of aromatic amines is 1. The van der Waals surface area contributed by atoms with Gasteiger partial charge in [0.2, 0.25) is 5.91 Å². The van der Waals surface area contributed by atoms with Crippen molar-refractivity contribution < 1.29 is 13.6 Å². The van der Waals surface area contributed by atoms with E-state index in [4.69, 9.17) is 0 Å². The van der Waals surface area contributed by atoms with E-state index in [0.717, 1.165) is 16.5 Å². The highest BCUT2D eigenvalue weighted by Crippen LogP contribution is 2.15. The van der Waals surface area contributed by atoms with Gasteiger partial charge >= 0.3 is 0 Å². The van der Waals surface area contributed by atoms with Crippen LogP contribution in [-0.4, -0.2) is 10.9 Å². The minimum atomic E-state index is -0.659. The molecule has 1 aromatic heterocycles. The Hall–Kier alpha value is -2.69. The number of rotatable bonds is 4. The van der Waals surface area contributed by atoms with Gasteiger partial charge in [0.05, 0.1) is 6.42 Å². The van der Waals surface area contributed by atoms with Crippen molar-refractivity contribution >= 4 is 16.8 Å². The lowest BCUT2D eigenvalue weighted by molar-refractivity contribution is -0.120. The van der Waals surface area contributed by atoms with E-state index >= 15 is 0 Å². The van der Waals surface area contributed by atoms with Crippen LogP contribution in [0.4, 0.5) is 8.78 Å². The summed E-state index contributed by atoms with van der Waals surface area (Å²) in [5.74, 6) is -1.60. The molecule has 112 valence electrons. The number of carbonyl (C=O) groups excluding carboxylic acids is 1. The zero-order chi connectivity index (χ0) is 15.5. The number of fused-ring (bicyclic) bond motifs is 1. The molecule has 1 heterocycles. The van der Waals surface area contributed by atoms with Gasteiger partial charge in [0, 0.05) is 23.8 Å². The van der Waals surface area contributed by atoms with E-state index < -0.39 is 11.6 Å². The third-order valence-corrected chi connectivity index (χ3v) is 3.51. The quantitative estimate of drug-likeness (QED) is 0.763. The number of aromatic nitrogens is 1. The number of benzene rings is 2. The van der Waals surface area contributed by atoms with Crippen LogP contribution in [0.1, 0.15) is 11.1 Å². The summed E-state index contributed by atoms with van der Waals surface area (Å²) < 4.78 is 26.9. The highest BCUT2D eigenvalue weighted by atomic mass is 19.1. The van der Waals surface area contributed by atoms with Gasteiger partial charge in [0.15, 0.2) is 0 Å². The molecule has 2 aromatic carbocycles. The summed E-state index contributed by atoms with van der Waals surface area (Å²) in [5, 5.41) is 3.61. The zero-order valence-electron chi connectivity index (χ0n) is 11.7. The summed E-state index contributed by atoms with van der Waals surface area (Å²) in [4.78, 5) is 15.0. The molecule has 0 spiro atoms. The maximum absolute atomic E-state index is 13.5. The van der Waals surface area contributed by atoms with Gasteiger partial charge < -0.3 is 10.3 Å². The molecule has 22 heavy (non-hydrogen) atoms. The second-order valence-electron chi connectivity index (χ2n) is 5.05. The highest BCUT2D eigenvalue weighted by molar-refractivity contribution is 5.83. The van der Waals surface area contributed by atoms with Crippen LogP contribution in [0, 0.1) is 11.6 Å². The Morgan fingerprint density at radius 3 is 2.64 bits per heavy atom. The number of H-pyrrole nitrogens is 1. The van der Waals surface area contributed by atoms with Crippen LogP contribution in [0.15, 0.2) is 48.7 Å². The van der Waals surface area contributed by atoms with Crippen molar-refractivity contribution in [3.63, 3.8) is 0 Å². The Morgan fingerprint density at radius 2 is 1.86 bits per heavy atom. The molecule has 3 aromatic rings. The van der Waals surface area contributed by atoms with Crippen molar-refractivity contribution in [2.75, 3.05) is 0 Å². The first-order valence-corrected chi connectivity index (χ1v) is 6.89. The van der Waals surface area contributed by atoms with Crippen molar-refractivity contribution in [2.24, 2.45) is 0 Å². The van der Waals surface area contributed by atoms with E-state index in [9.17, 15) is 13.6 Å². The van der Waals surface area contributed by atoms with Crippen LogP contribution in [0.5, 0.6) is 0 Å². The molecule has 0 saturated heterocycles. The van der Waals surface area contributed by atoms with E-state index in [2.05, 4.69) is 10.3 Å². The number of carbonyl (C=O) groups is 1. The lowest BCUT2D eigenvalue weighted by Gasteiger charge is -2.07. The maximum Gasteiger partial charge on any atom is 0.224 e. The van der Waals surface area contributed by atoms with Crippen molar-refractivity contribution in [1.29, 1.82) is 0 Å². The number of halogens is 2. The molecule has 0 unspecified atom stereocenters. The SMILES string of the molecule is O=C(Cc1ccc2cc[nH]c2c1)NCc1c(F)cccc1F. The highest BCUT2D eigenvalue weighted by Gasteiger charge is 2.10. The topological polar surface area (TPSA) is 44.9 Å². The number of amides is 1. The molecular formula is C17H14F2N2O. The zero-order valence-corrected chi connectivity index (χ0v) is 11.7. The van der Waals surface area contributed by atoms with Gasteiger partial charge in [0.25, 0.3) is 0 Å². The molecule has 0 saturated carbocycles. The predicted molar refractivity (Wildman–Crippen MR) is 80.2 cm³/mol. The van der Waals surface area contributed by atoms with E-state index in [1.54, 1.807) is 0 Å². The molecule has 1 amide bonds. The van der Waals surface area contributed by atoms with Crippen molar-refractivity contribution in [3.8, 4) is 0 Å². The molecule has 0 aliphatic heterocycles. The fraction of sp³-hybridized carbons (Fsp3) is 0.118. The molecule has 0 fully saturated rings. The van der Waals surface area contributed by atoms with Gasteiger partial charge in [0.1, 0.15) is 11.6 Å². The molecule has 0 atom stereocenters. The molecule has 3 rings (SSSR count). The first-order valence-electron chi connectivity index (χ1n) is 6.89. The van der Waals surface area contributed by atoms with Gasteiger partial charge in [-0.3, -0.25) is 4.79 Å².